The zero-order valence-corrected chi connectivity index (χ0v) is 12.8. The number of amides is 1. The first-order chi connectivity index (χ1) is 10.5. The quantitative estimate of drug-likeness (QED) is 0.856. The number of carbonyl (C=O) groups is 2. The summed E-state index contributed by atoms with van der Waals surface area (Å²) in [7, 11) is 1.50. The average molecular weight is 324 g/mol. The van der Waals surface area contributed by atoms with Crippen molar-refractivity contribution in [1.29, 1.82) is 0 Å². The number of esters is 1. The number of carbonyl (C=O) groups excluding carboxylic acids is 2. The van der Waals surface area contributed by atoms with Gasteiger partial charge in [0.25, 0.3) is 5.91 Å². The summed E-state index contributed by atoms with van der Waals surface area (Å²) >= 11 is 5.95. The molecule has 0 bridgehead atoms. The summed E-state index contributed by atoms with van der Waals surface area (Å²) < 4.78 is 15.0. The van der Waals surface area contributed by atoms with Crippen LogP contribution in [0.3, 0.4) is 0 Å². The lowest BCUT2D eigenvalue weighted by atomic mass is 10.3. The van der Waals surface area contributed by atoms with E-state index in [1.807, 2.05) is 0 Å². The number of furan rings is 1. The smallest absolute Gasteiger partial charge is 0.374 e. The summed E-state index contributed by atoms with van der Waals surface area (Å²) in [5.41, 5.74) is 0.473. The lowest BCUT2D eigenvalue weighted by molar-refractivity contribution is -0.119. The van der Waals surface area contributed by atoms with Crippen LogP contribution in [0.1, 0.15) is 16.3 Å². The van der Waals surface area contributed by atoms with E-state index >= 15 is 0 Å². The molecule has 0 atom stereocenters. The number of hydrogen-bond acceptors (Lipinski definition) is 5. The van der Waals surface area contributed by atoms with Crippen molar-refractivity contribution in [2.24, 2.45) is 0 Å². The van der Waals surface area contributed by atoms with Gasteiger partial charge in [-0.2, -0.15) is 0 Å². The second kappa shape index (κ2) is 7.00. The monoisotopic (exact) mass is 323 g/mol. The Hall–Kier alpha value is -2.47. The highest BCUT2D eigenvalue weighted by Crippen LogP contribution is 2.27. The molecule has 0 saturated carbocycles. The standard InChI is InChI=1S/C15H14ClNO5/c1-9-3-5-13(22-9)15(19)21-8-14(18)17-10-4-6-12(20-2)11(16)7-10/h3-7H,8H2,1-2H3,(H,17,18). The van der Waals surface area contributed by atoms with Gasteiger partial charge in [-0.1, -0.05) is 11.6 Å². The van der Waals surface area contributed by atoms with Gasteiger partial charge in [0.2, 0.25) is 5.76 Å². The maximum absolute atomic E-state index is 11.7. The molecule has 116 valence electrons. The first-order valence-corrected chi connectivity index (χ1v) is 6.74. The van der Waals surface area contributed by atoms with E-state index in [4.69, 9.17) is 25.5 Å². The van der Waals surface area contributed by atoms with Gasteiger partial charge in [0.1, 0.15) is 11.5 Å². The third-order valence-corrected chi connectivity index (χ3v) is 3.01. The van der Waals surface area contributed by atoms with Gasteiger partial charge in [-0.25, -0.2) is 4.79 Å². The molecule has 1 heterocycles. The SMILES string of the molecule is COc1ccc(NC(=O)COC(=O)c2ccc(C)o2)cc1Cl. The van der Waals surface area contributed by atoms with Gasteiger partial charge in [0.05, 0.1) is 12.1 Å². The maximum atomic E-state index is 11.7. The lowest BCUT2D eigenvalue weighted by Crippen LogP contribution is -2.20. The predicted molar refractivity (Wildman–Crippen MR) is 80.4 cm³/mol. The minimum Gasteiger partial charge on any atom is -0.495 e. The molecule has 0 aliphatic carbocycles. The molecule has 7 heteroatoms. The summed E-state index contributed by atoms with van der Waals surface area (Å²) in [6.45, 7) is 1.28. The van der Waals surface area contributed by atoms with Gasteiger partial charge in [0.15, 0.2) is 6.61 Å². The predicted octanol–water partition coefficient (Wildman–Crippen LogP) is 3.05. The molecule has 22 heavy (non-hydrogen) atoms. The summed E-state index contributed by atoms with van der Waals surface area (Å²) in [6.07, 6.45) is 0. The molecule has 0 unspecified atom stereocenters. The fraction of sp³-hybridized carbons (Fsp3) is 0.200. The number of methoxy groups -OCH3 is 1. The second-order valence-corrected chi connectivity index (χ2v) is 4.79. The Labute approximate surface area is 132 Å². The van der Waals surface area contributed by atoms with Gasteiger partial charge in [-0.3, -0.25) is 4.79 Å². The Bertz CT molecular complexity index is 695. The van der Waals surface area contributed by atoms with Crippen LogP contribution in [-0.4, -0.2) is 25.6 Å². The molecule has 1 amide bonds. The Morgan fingerprint density at radius 3 is 2.64 bits per heavy atom. The van der Waals surface area contributed by atoms with Crippen LogP contribution in [-0.2, 0) is 9.53 Å². The van der Waals surface area contributed by atoms with E-state index in [2.05, 4.69) is 5.32 Å². The summed E-state index contributed by atoms with van der Waals surface area (Å²) in [4.78, 5) is 23.3. The number of halogens is 1. The molecule has 2 aromatic rings. The average Bonchev–Trinajstić information content (AvgIpc) is 2.91. The van der Waals surface area contributed by atoms with Gasteiger partial charge in [-0.15, -0.1) is 0 Å². The van der Waals surface area contributed by atoms with Crippen molar-refractivity contribution in [1.82, 2.24) is 0 Å². The van der Waals surface area contributed by atoms with E-state index in [0.717, 1.165) is 0 Å². The van der Waals surface area contributed by atoms with Crippen LogP contribution in [0.25, 0.3) is 0 Å². The van der Waals surface area contributed by atoms with Crippen LogP contribution in [0.4, 0.5) is 5.69 Å². The van der Waals surface area contributed by atoms with E-state index < -0.39 is 18.5 Å². The zero-order chi connectivity index (χ0) is 16.1. The topological polar surface area (TPSA) is 77.8 Å². The van der Waals surface area contributed by atoms with Crippen LogP contribution >= 0.6 is 11.6 Å². The third kappa shape index (κ3) is 4.02. The molecule has 0 fully saturated rings. The highest BCUT2D eigenvalue weighted by molar-refractivity contribution is 6.32. The van der Waals surface area contributed by atoms with E-state index in [0.29, 0.717) is 22.2 Å². The first kappa shape index (κ1) is 15.9. The minimum atomic E-state index is -0.698. The van der Waals surface area contributed by atoms with Crippen molar-refractivity contribution in [2.75, 3.05) is 19.0 Å². The van der Waals surface area contributed by atoms with E-state index in [9.17, 15) is 9.59 Å². The number of hydrogen-bond donors (Lipinski definition) is 1. The molecule has 1 aromatic carbocycles. The van der Waals surface area contributed by atoms with Crippen molar-refractivity contribution >= 4 is 29.2 Å². The molecule has 0 radical (unpaired) electrons. The molecule has 6 nitrogen and oxygen atoms in total. The highest BCUT2D eigenvalue weighted by atomic mass is 35.5. The van der Waals surface area contributed by atoms with Crippen LogP contribution in [0, 0.1) is 6.92 Å². The number of rotatable bonds is 5. The van der Waals surface area contributed by atoms with Crippen molar-refractivity contribution in [2.45, 2.75) is 6.92 Å². The van der Waals surface area contributed by atoms with E-state index in [1.54, 1.807) is 25.1 Å². The van der Waals surface area contributed by atoms with Crippen LogP contribution in [0.15, 0.2) is 34.7 Å². The Balaban J connectivity index is 1.88. The molecular formula is C15H14ClNO5. The van der Waals surface area contributed by atoms with Crippen molar-refractivity contribution in [3.63, 3.8) is 0 Å². The zero-order valence-electron chi connectivity index (χ0n) is 12.0. The van der Waals surface area contributed by atoms with Gasteiger partial charge in [-0.05, 0) is 37.3 Å². The minimum absolute atomic E-state index is 0.0535. The number of ether oxygens (including phenoxy) is 2. The fourth-order valence-electron chi connectivity index (χ4n) is 1.69. The number of anilines is 1. The largest absolute Gasteiger partial charge is 0.495 e. The fourth-order valence-corrected chi connectivity index (χ4v) is 1.95. The second-order valence-electron chi connectivity index (χ2n) is 4.38. The molecule has 1 aromatic heterocycles. The number of nitrogens with one attached hydrogen (secondary N) is 1. The molecule has 1 N–H and O–H groups in total. The van der Waals surface area contributed by atoms with E-state index in [1.165, 1.54) is 19.2 Å². The van der Waals surface area contributed by atoms with Crippen molar-refractivity contribution in [3.05, 3.63) is 46.9 Å². The Kier molecular flexibility index (Phi) is 5.06. The molecule has 0 aliphatic heterocycles. The highest BCUT2D eigenvalue weighted by Gasteiger charge is 2.14. The molecule has 2 rings (SSSR count). The number of benzene rings is 1. The molecule has 0 spiro atoms. The Morgan fingerprint density at radius 2 is 2.05 bits per heavy atom. The number of aryl methyl sites for hydroxylation is 1. The molecule has 0 saturated heterocycles. The van der Waals surface area contributed by atoms with Gasteiger partial charge < -0.3 is 19.2 Å². The molecule has 0 aliphatic rings. The first-order valence-electron chi connectivity index (χ1n) is 6.36. The van der Waals surface area contributed by atoms with Gasteiger partial charge >= 0.3 is 5.97 Å². The third-order valence-electron chi connectivity index (χ3n) is 2.71. The van der Waals surface area contributed by atoms with Crippen LogP contribution in [0.2, 0.25) is 5.02 Å². The van der Waals surface area contributed by atoms with Crippen LogP contribution in [0.5, 0.6) is 5.75 Å². The summed E-state index contributed by atoms with van der Waals surface area (Å²) in [5, 5.41) is 2.92. The maximum Gasteiger partial charge on any atom is 0.374 e. The van der Waals surface area contributed by atoms with Crippen molar-refractivity contribution < 1.29 is 23.5 Å². The lowest BCUT2D eigenvalue weighted by Gasteiger charge is -2.08. The van der Waals surface area contributed by atoms with Gasteiger partial charge in [0, 0.05) is 5.69 Å². The van der Waals surface area contributed by atoms with Crippen LogP contribution < -0.4 is 10.1 Å². The normalized spacial score (nSPS) is 10.1. The summed E-state index contributed by atoms with van der Waals surface area (Å²) in [6, 6.07) is 7.90. The Morgan fingerprint density at radius 1 is 1.27 bits per heavy atom. The summed E-state index contributed by atoms with van der Waals surface area (Å²) in [5.74, 6) is -0.0461. The van der Waals surface area contributed by atoms with E-state index in [-0.39, 0.29) is 5.76 Å². The van der Waals surface area contributed by atoms with Crippen molar-refractivity contribution in [3.8, 4) is 5.75 Å². The molecular weight excluding hydrogens is 310 g/mol.